The van der Waals surface area contributed by atoms with Crippen molar-refractivity contribution in [2.75, 3.05) is 65.8 Å². The Labute approximate surface area is 304 Å². The van der Waals surface area contributed by atoms with Crippen LogP contribution in [-0.4, -0.2) is 118 Å². The summed E-state index contributed by atoms with van der Waals surface area (Å²) < 4.78 is 24.4. The van der Waals surface area contributed by atoms with Crippen LogP contribution in [0.4, 0.5) is 19.2 Å². The maximum absolute atomic E-state index is 12.9. The predicted octanol–water partition coefficient (Wildman–Crippen LogP) is 4.26. The quantitative estimate of drug-likeness (QED) is 0.0208. The number of ether oxygens (including phenoxy) is 5. The maximum Gasteiger partial charge on any atom is 0.418 e. The lowest BCUT2D eigenvalue weighted by Crippen LogP contribution is -2.45. The fraction of sp³-hybridized carbons (Fsp3) is 0.647. The highest BCUT2D eigenvalue weighted by atomic mass is 16.6. The first-order chi connectivity index (χ1) is 25.2. The van der Waals surface area contributed by atoms with Crippen LogP contribution in [-0.2, 0) is 38.1 Å². The average Bonchev–Trinajstić information content (AvgIpc) is 3.14. The Morgan fingerprint density at radius 1 is 0.596 bits per heavy atom. The third-order valence-electron chi connectivity index (χ3n) is 6.94. The number of nitrogens with zero attached hydrogens (tertiary/aromatic N) is 4. The van der Waals surface area contributed by atoms with E-state index >= 15 is 0 Å². The second-order valence-corrected chi connectivity index (χ2v) is 10.9. The fourth-order valence-corrected chi connectivity index (χ4v) is 4.26. The number of rotatable bonds is 29. The van der Waals surface area contributed by atoms with E-state index in [1.54, 1.807) is 6.26 Å². The van der Waals surface area contributed by atoms with Crippen LogP contribution in [0.5, 0.6) is 0 Å². The molecule has 0 aromatic heterocycles. The van der Waals surface area contributed by atoms with Crippen molar-refractivity contribution in [3.05, 3.63) is 25.3 Å². The molecule has 0 unspecified atom stereocenters. The summed E-state index contributed by atoms with van der Waals surface area (Å²) in [7, 11) is 0. The minimum atomic E-state index is -0.896. The van der Waals surface area contributed by atoms with Crippen LogP contribution in [0.1, 0.15) is 77.0 Å². The molecule has 2 N–H and O–H groups in total. The van der Waals surface area contributed by atoms with Gasteiger partial charge in [0.2, 0.25) is 6.08 Å². The minimum Gasteiger partial charge on any atom is -0.459 e. The van der Waals surface area contributed by atoms with Crippen molar-refractivity contribution in [3.8, 4) is 6.26 Å². The van der Waals surface area contributed by atoms with E-state index in [1.807, 2.05) is 0 Å². The van der Waals surface area contributed by atoms with E-state index in [2.05, 4.69) is 33.5 Å². The first kappa shape index (κ1) is 46.6. The molecule has 52 heavy (non-hydrogen) atoms. The van der Waals surface area contributed by atoms with Gasteiger partial charge in [0, 0.05) is 38.3 Å². The number of hydrogen-bond donors (Lipinski definition) is 2. The predicted molar refractivity (Wildman–Crippen MR) is 185 cm³/mol. The van der Waals surface area contributed by atoms with Gasteiger partial charge in [0.1, 0.15) is 33.0 Å². The highest BCUT2D eigenvalue weighted by molar-refractivity contribution is 5.91. The van der Waals surface area contributed by atoms with Gasteiger partial charge in [0.15, 0.2) is 0 Å². The van der Waals surface area contributed by atoms with E-state index in [0.29, 0.717) is 71.1 Å². The summed E-state index contributed by atoms with van der Waals surface area (Å²) in [6.45, 7) is 7.03. The van der Waals surface area contributed by atoms with E-state index in [0.717, 1.165) is 47.6 Å². The molecule has 0 aliphatic carbocycles. The molecule has 0 fully saturated rings. The molecule has 0 atom stereocenters. The monoisotopic (exact) mass is 736 g/mol. The van der Waals surface area contributed by atoms with Crippen LogP contribution in [0.2, 0.25) is 0 Å². The van der Waals surface area contributed by atoms with Crippen molar-refractivity contribution in [1.82, 2.24) is 20.4 Å². The fourth-order valence-electron chi connectivity index (χ4n) is 4.26. The molecule has 6 amide bonds. The van der Waals surface area contributed by atoms with Crippen molar-refractivity contribution in [3.63, 3.8) is 0 Å². The van der Waals surface area contributed by atoms with E-state index in [-0.39, 0.29) is 46.1 Å². The number of isocyanates is 1. The van der Waals surface area contributed by atoms with Crippen molar-refractivity contribution >= 4 is 42.3 Å². The molecule has 0 bridgehead atoms. The summed E-state index contributed by atoms with van der Waals surface area (Å²) in [4.78, 5) is 88.9. The molecular weight excluding hydrogens is 684 g/mol. The zero-order chi connectivity index (χ0) is 38.7. The highest BCUT2D eigenvalue weighted by Gasteiger charge is 2.24. The third kappa shape index (κ3) is 25.5. The van der Waals surface area contributed by atoms with E-state index in [4.69, 9.17) is 24.2 Å². The van der Waals surface area contributed by atoms with Crippen molar-refractivity contribution in [1.29, 1.82) is 5.26 Å². The Morgan fingerprint density at radius 3 is 1.46 bits per heavy atom. The molecule has 0 saturated carbocycles. The first-order valence-corrected chi connectivity index (χ1v) is 17.3. The van der Waals surface area contributed by atoms with Gasteiger partial charge in [-0.15, -0.1) is 0 Å². The maximum atomic E-state index is 12.9. The summed E-state index contributed by atoms with van der Waals surface area (Å²) in [5.74, 6) is -1.35. The number of nitrogens with one attached hydrogen (secondary N) is 2. The highest BCUT2D eigenvalue weighted by Crippen LogP contribution is 2.07. The standard InChI is InChI=1S/C34H52N6O12/c1-3-29(42)49-23-25-51-33(46)39(31(44)37-18-12-6-5-11-17-36-28-41)20-14-8-7-13-19-38-32(45)40(21-15-9-10-16-22-48-27-35)34(47)52-26-24-50-30(43)4-2/h3-4H,1-2,5-26H2,(H,37,44)(H,38,45). The van der Waals surface area contributed by atoms with Crippen molar-refractivity contribution in [2.24, 2.45) is 4.99 Å². The Hall–Kier alpha value is -5.43. The van der Waals surface area contributed by atoms with E-state index < -0.39 is 36.2 Å². The lowest BCUT2D eigenvalue weighted by molar-refractivity contribution is -0.139. The summed E-state index contributed by atoms with van der Waals surface area (Å²) >= 11 is 0. The number of urea groups is 2. The summed E-state index contributed by atoms with van der Waals surface area (Å²) in [6, 6.07) is -1.29. The molecule has 0 aromatic carbocycles. The van der Waals surface area contributed by atoms with Gasteiger partial charge in [-0.1, -0.05) is 45.3 Å². The van der Waals surface area contributed by atoms with E-state index in [9.17, 15) is 33.6 Å². The van der Waals surface area contributed by atoms with Gasteiger partial charge < -0.3 is 34.3 Å². The molecule has 0 heterocycles. The molecular formula is C34H52N6O12. The number of nitriles is 1. The second-order valence-electron chi connectivity index (χ2n) is 10.9. The molecule has 18 nitrogen and oxygen atoms in total. The Balaban J connectivity index is 4.85. The molecule has 0 aromatic rings. The molecule has 0 spiro atoms. The zero-order valence-electron chi connectivity index (χ0n) is 29.8. The molecule has 0 saturated heterocycles. The summed E-state index contributed by atoms with van der Waals surface area (Å²) in [6.07, 6.45) is 11.0. The normalized spacial score (nSPS) is 9.90. The van der Waals surface area contributed by atoms with Crippen LogP contribution < -0.4 is 10.6 Å². The summed E-state index contributed by atoms with van der Waals surface area (Å²) in [5, 5.41) is 13.8. The number of aliphatic imine (C=N–C) groups is 1. The van der Waals surface area contributed by atoms with Crippen LogP contribution in [0.15, 0.2) is 30.3 Å². The Bertz CT molecular complexity index is 1200. The van der Waals surface area contributed by atoms with Crippen LogP contribution in [0.25, 0.3) is 0 Å². The van der Waals surface area contributed by atoms with Crippen molar-refractivity contribution in [2.45, 2.75) is 77.0 Å². The van der Waals surface area contributed by atoms with E-state index in [1.165, 1.54) is 6.08 Å². The number of hydrogen-bond acceptors (Lipinski definition) is 14. The second kappa shape index (κ2) is 32.8. The first-order valence-electron chi connectivity index (χ1n) is 17.3. The minimum absolute atomic E-state index is 0.0531. The Kier molecular flexibility index (Phi) is 29.3. The molecule has 0 radical (unpaired) electrons. The molecule has 290 valence electrons. The van der Waals surface area contributed by atoms with Gasteiger partial charge in [0.25, 0.3) is 6.26 Å². The lowest BCUT2D eigenvalue weighted by atomic mass is 10.2. The molecule has 0 aliphatic rings. The number of amides is 6. The third-order valence-corrected chi connectivity index (χ3v) is 6.94. The number of carbonyl (C=O) groups excluding carboxylic acids is 7. The number of esters is 2. The Morgan fingerprint density at radius 2 is 1.02 bits per heavy atom. The number of carbonyl (C=O) groups is 6. The van der Waals surface area contributed by atoms with Crippen LogP contribution >= 0.6 is 0 Å². The van der Waals surface area contributed by atoms with Crippen LogP contribution in [0, 0.1) is 11.5 Å². The molecule has 0 rings (SSSR count). The SMILES string of the molecule is C=CC(=O)OCCOC(=O)N(CCCCCCNC(=O)N(CCCCCCOC#N)C(=O)OCCOC(=O)C=C)C(=O)NCCCCCCN=C=O. The van der Waals surface area contributed by atoms with Gasteiger partial charge in [-0.25, -0.2) is 48.4 Å². The van der Waals surface area contributed by atoms with Gasteiger partial charge in [-0.3, -0.25) is 0 Å². The van der Waals surface area contributed by atoms with Gasteiger partial charge in [-0.05, 0) is 44.9 Å². The topological polar surface area (TPSA) is 232 Å². The lowest BCUT2D eigenvalue weighted by Gasteiger charge is -2.21. The average molecular weight is 737 g/mol. The zero-order valence-corrected chi connectivity index (χ0v) is 29.8. The molecule has 0 aliphatic heterocycles. The number of imide groups is 2. The van der Waals surface area contributed by atoms with Gasteiger partial charge >= 0.3 is 36.2 Å². The van der Waals surface area contributed by atoms with Crippen LogP contribution in [0.3, 0.4) is 0 Å². The number of unbranched alkanes of at least 4 members (excludes halogenated alkanes) is 9. The smallest absolute Gasteiger partial charge is 0.418 e. The summed E-state index contributed by atoms with van der Waals surface area (Å²) in [5.41, 5.74) is 0. The van der Waals surface area contributed by atoms with Gasteiger partial charge in [0.05, 0.1) is 6.54 Å². The van der Waals surface area contributed by atoms with Gasteiger partial charge in [-0.2, -0.15) is 5.26 Å². The largest absolute Gasteiger partial charge is 0.459 e. The van der Waals surface area contributed by atoms with Crippen molar-refractivity contribution < 1.29 is 57.2 Å². The molecule has 18 heteroatoms.